The van der Waals surface area contributed by atoms with Crippen LogP contribution in [0.15, 0.2) is 18.3 Å². The molecule has 0 amide bonds. The van der Waals surface area contributed by atoms with E-state index in [9.17, 15) is 0 Å². The second-order valence-corrected chi connectivity index (χ2v) is 6.84. The minimum Gasteiger partial charge on any atom is -0.309 e. The highest BCUT2D eigenvalue weighted by Gasteiger charge is 2.40. The summed E-state index contributed by atoms with van der Waals surface area (Å²) in [5.74, 6) is 0.910. The third kappa shape index (κ3) is 2.98. The van der Waals surface area contributed by atoms with Gasteiger partial charge in [0.05, 0.1) is 5.69 Å². The molecule has 1 N–H and O–H groups in total. The van der Waals surface area contributed by atoms with Crippen LogP contribution in [0.4, 0.5) is 0 Å². The molecule has 0 aromatic carbocycles. The van der Waals surface area contributed by atoms with Gasteiger partial charge in [-0.2, -0.15) is 0 Å². The molecule has 3 rings (SSSR count). The number of aryl methyl sites for hydroxylation is 1. The number of rotatable bonds is 3. The Morgan fingerprint density at radius 1 is 1.42 bits per heavy atom. The molecule has 0 spiro atoms. The van der Waals surface area contributed by atoms with Crippen molar-refractivity contribution in [2.24, 2.45) is 5.92 Å². The van der Waals surface area contributed by atoms with E-state index >= 15 is 0 Å². The van der Waals surface area contributed by atoms with Crippen molar-refractivity contribution in [2.75, 3.05) is 13.1 Å². The smallest absolute Gasteiger partial charge is 0.0573 e. The van der Waals surface area contributed by atoms with Crippen LogP contribution in [0.3, 0.4) is 0 Å². The molecule has 1 aromatic heterocycles. The van der Waals surface area contributed by atoms with E-state index in [-0.39, 0.29) is 5.54 Å². The van der Waals surface area contributed by atoms with Crippen molar-refractivity contribution in [2.45, 2.75) is 51.7 Å². The lowest BCUT2D eigenvalue weighted by Gasteiger charge is -2.45. The molecule has 104 valence electrons. The average molecular weight is 259 g/mol. The van der Waals surface area contributed by atoms with E-state index in [4.69, 9.17) is 0 Å². The van der Waals surface area contributed by atoms with Gasteiger partial charge >= 0.3 is 0 Å². The highest BCUT2D eigenvalue weighted by atomic mass is 15.3. The maximum Gasteiger partial charge on any atom is 0.0573 e. The highest BCUT2D eigenvalue weighted by Crippen LogP contribution is 2.37. The highest BCUT2D eigenvalue weighted by molar-refractivity contribution is 5.18. The Morgan fingerprint density at radius 2 is 2.21 bits per heavy atom. The summed E-state index contributed by atoms with van der Waals surface area (Å²) in [4.78, 5) is 7.23. The molecule has 1 unspecified atom stereocenters. The number of hydrogen-bond acceptors (Lipinski definition) is 3. The van der Waals surface area contributed by atoms with Crippen molar-refractivity contribution in [1.29, 1.82) is 0 Å². The van der Waals surface area contributed by atoms with Crippen LogP contribution in [0.25, 0.3) is 0 Å². The lowest BCUT2D eigenvalue weighted by Crippen LogP contribution is -2.61. The molecule has 3 heteroatoms. The number of aromatic nitrogens is 1. The lowest BCUT2D eigenvalue weighted by molar-refractivity contribution is 0.0746. The molecule has 1 aliphatic heterocycles. The van der Waals surface area contributed by atoms with Crippen molar-refractivity contribution in [3.63, 3.8) is 0 Å². The third-order valence-corrected chi connectivity index (χ3v) is 4.49. The van der Waals surface area contributed by atoms with Gasteiger partial charge in [0.1, 0.15) is 0 Å². The van der Waals surface area contributed by atoms with Gasteiger partial charge in [-0.3, -0.25) is 9.88 Å². The molecule has 1 aliphatic carbocycles. The van der Waals surface area contributed by atoms with Crippen LogP contribution in [0, 0.1) is 12.8 Å². The van der Waals surface area contributed by atoms with Crippen molar-refractivity contribution in [3.05, 3.63) is 29.6 Å². The van der Waals surface area contributed by atoms with E-state index in [1.165, 1.54) is 24.1 Å². The Kier molecular flexibility index (Phi) is 3.35. The molecule has 1 aromatic rings. The molecule has 1 atom stereocenters. The summed E-state index contributed by atoms with van der Waals surface area (Å²) in [6.45, 7) is 10.0. The quantitative estimate of drug-likeness (QED) is 0.903. The van der Waals surface area contributed by atoms with Crippen LogP contribution in [-0.2, 0) is 6.54 Å². The number of nitrogens with one attached hydrogen (secondary N) is 1. The molecular formula is C16H25N3. The predicted octanol–water partition coefficient (Wildman–Crippen LogP) is 2.35. The summed E-state index contributed by atoms with van der Waals surface area (Å²) in [7, 11) is 0. The summed E-state index contributed by atoms with van der Waals surface area (Å²) in [6.07, 6.45) is 4.73. The van der Waals surface area contributed by atoms with Crippen LogP contribution < -0.4 is 5.32 Å². The summed E-state index contributed by atoms with van der Waals surface area (Å²) < 4.78 is 0. The second-order valence-electron chi connectivity index (χ2n) is 6.84. The predicted molar refractivity (Wildman–Crippen MR) is 78.0 cm³/mol. The normalized spacial score (nSPS) is 27.4. The first-order valence-electron chi connectivity index (χ1n) is 7.45. The van der Waals surface area contributed by atoms with E-state index in [0.29, 0.717) is 6.04 Å². The first kappa shape index (κ1) is 13.1. The Hall–Kier alpha value is -0.930. The zero-order valence-electron chi connectivity index (χ0n) is 12.3. The zero-order chi connectivity index (χ0) is 13.5. The molecule has 1 saturated carbocycles. The van der Waals surface area contributed by atoms with Crippen molar-refractivity contribution in [1.82, 2.24) is 15.2 Å². The van der Waals surface area contributed by atoms with Gasteiger partial charge in [0.2, 0.25) is 0 Å². The molecule has 2 fully saturated rings. The Morgan fingerprint density at radius 3 is 2.89 bits per heavy atom. The Bertz CT molecular complexity index is 451. The van der Waals surface area contributed by atoms with Gasteiger partial charge in [0, 0.05) is 37.4 Å². The van der Waals surface area contributed by atoms with E-state index in [0.717, 1.165) is 25.6 Å². The van der Waals surface area contributed by atoms with E-state index in [1.807, 2.05) is 12.3 Å². The average Bonchev–Trinajstić information content (AvgIpc) is 3.15. The first-order chi connectivity index (χ1) is 9.05. The standard InChI is InChI=1S/C16H25N3/c1-12-5-4-8-17-14(12)10-19-11-16(2,3)18-9-15(19)13-6-7-13/h4-5,8,13,15,18H,6-7,9-11H2,1-3H3. The topological polar surface area (TPSA) is 28.2 Å². The first-order valence-corrected chi connectivity index (χ1v) is 7.45. The maximum absolute atomic E-state index is 4.57. The monoisotopic (exact) mass is 259 g/mol. The molecule has 2 aliphatic rings. The third-order valence-electron chi connectivity index (χ3n) is 4.49. The summed E-state index contributed by atoms with van der Waals surface area (Å²) in [6, 6.07) is 4.90. The van der Waals surface area contributed by atoms with Crippen molar-refractivity contribution < 1.29 is 0 Å². The fourth-order valence-corrected chi connectivity index (χ4v) is 3.19. The molecule has 19 heavy (non-hydrogen) atoms. The van der Waals surface area contributed by atoms with Crippen LogP contribution in [-0.4, -0.2) is 34.6 Å². The Balaban J connectivity index is 1.77. The largest absolute Gasteiger partial charge is 0.309 e. The molecule has 3 nitrogen and oxygen atoms in total. The van der Waals surface area contributed by atoms with Crippen LogP contribution in [0.5, 0.6) is 0 Å². The van der Waals surface area contributed by atoms with Crippen LogP contribution in [0.2, 0.25) is 0 Å². The van der Waals surface area contributed by atoms with Gasteiger partial charge in [0.15, 0.2) is 0 Å². The van der Waals surface area contributed by atoms with Gasteiger partial charge in [-0.15, -0.1) is 0 Å². The van der Waals surface area contributed by atoms with E-state index in [2.05, 4.69) is 42.0 Å². The molecule has 0 radical (unpaired) electrons. The van der Waals surface area contributed by atoms with Crippen molar-refractivity contribution in [3.8, 4) is 0 Å². The SMILES string of the molecule is Cc1cccnc1CN1CC(C)(C)NCC1C1CC1. The van der Waals surface area contributed by atoms with Gasteiger partial charge in [-0.05, 0) is 51.2 Å². The number of piperazine rings is 1. The van der Waals surface area contributed by atoms with Crippen LogP contribution in [0.1, 0.15) is 37.9 Å². The maximum atomic E-state index is 4.57. The van der Waals surface area contributed by atoms with E-state index < -0.39 is 0 Å². The summed E-state index contributed by atoms with van der Waals surface area (Å²) in [5.41, 5.74) is 2.77. The van der Waals surface area contributed by atoms with Gasteiger partial charge < -0.3 is 5.32 Å². The zero-order valence-corrected chi connectivity index (χ0v) is 12.3. The number of pyridine rings is 1. The van der Waals surface area contributed by atoms with Gasteiger partial charge in [0.25, 0.3) is 0 Å². The lowest BCUT2D eigenvalue weighted by atomic mass is 9.96. The fourth-order valence-electron chi connectivity index (χ4n) is 3.19. The minimum absolute atomic E-state index is 0.216. The molecule has 1 saturated heterocycles. The summed E-state index contributed by atoms with van der Waals surface area (Å²) >= 11 is 0. The van der Waals surface area contributed by atoms with Gasteiger partial charge in [-0.25, -0.2) is 0 Å². The van der Waals surface area contributed by atoms with Crippen LogP contribution >= 0.6 is 0 Å². The fraction of sp³-hybridized carbons (Fsp3) is 0.688. The number of nitrogens with zero attached hydrogens (tertiary/aromatic N) is 2. The number of hydrogen-bond donors (Lipinski definition) is 1. The molecule has 0 bridgehead atoms. The van der Waals surface area contributed by atoms with E-state index in [1.54, 1.807) is 0 Å². The molecular weight excluding hydrogens is 234 g/mol. The Labute approximate surface area is 116 Å². The second kappa shape index (κ2) is 4.88. The summed E-state index contributed by atoms with van der Waals surface area (Å²) in [5, 5.41) is 3.70. The molecule has 2 heterocycles. The minimum atomic E-state index is 0.216. The van der Waals surface area contributed by atoms with Gasteiger partial charge in [-0.1, -0.05) is 6.07 Å². The van der Waals surface area contributed by atoms with Crippen molar-refractivity contribution >= 4 is 0 Å².